The SMILES string of the molecule is CC(C)(C)OC(=O)N1CCN(Cc2ccccc2)C[C@H]1CCCO. The fraction of sp³-hybridized carbons (Fsp3) is 0.632. The topological polar surface area (TPSA) is 53.0 Å². The Balaban J connectivity index is 1.99. The molecule has 24 heavy (non-hydrogen) atoms. The molecule has 1 aromatic rings. The van der Waals surface area contributed by atoms with E-state index >= 15 is 0 Å². The first-order chi connectivity index (χ1) is 11.4. The number of aliphatic hydroxyl groups excluding tert-OH is 1. The van der Waals surface area contributed by atoms with Gasteiger partial charge >= 0.3 is 6.09 Å². The molecule has 2 rings (SSSR count). The Bertz CT molecular complexity index is 513. The van der Waals surface area contributed by atoms with Gasteiger partial charge in [-0.2, -0.15) is 0 Å². The maximum absolute atomic E-state index is 12.5. The van der Waals surface area contributed by atoms with Gasteiger partial charge in [-0.25, -0.2) is 4.79 Å². The Kier molecular flexibility index (Phi) is 6.63. The van der Waals surface area contributed by atoms with E-state index in [1.54, 1.807) is 0 Å². The third-order valence-corrected chi connectivity index (χ3v) is 4.14. The molecular weight excluding hydrogens is 304 g/mol. The summed E-state index contributed by atoms with van der Waals surface area (Å²) in [6.07, 6.45) is 1.24. The molecule has 5 heteroatoms. The van der Waals surface area contributed by atoms with Crippen LogP contribution in [0.1, 0.15) is 39.2 Å². The maximum atomic E-state index is 12.5. The molecule has 1 heterocycles. The number of hydrogen-bond acceptors (Lipinski definition) is 4. The van der Waals surface area contributed by atoms with Gasteiger partial charge in [-0.05, 0) is 39.2 Å². The van der Waals surface area contributed by atoms with E-state index in [-0.39, 0.29) is 18.7 Å². The number of aliphatic hydroxyl groups is 1. The number of benzene rings is 1. The van der Waals surface area contributed by atoms with Crippen molar-refractivity contribution in [3.8, 4) is 0 Å². The first-order valence-corrected chi connectivity index (χ1v) is 8.76. The maximum Gasteiger partial charge on any atom is 0.410 e. The van der Waals surface area contributed by atoms with Crippen molar-refractivity contribution in [3.63, 3.8) is 0 Å². The molecule has 0 unspecified atom stereocenters. The van der Waals surface area contributed by atoms with Crippen molar-refractivity contribution in [2.45, 2.75) is 51.8 Å². The minimum absolute atomic E-state index is 0.0875. The van der Waals surface area contributed by atoms with E-state index in [4.69, 9.17) is 9.84 Å². The lowest BCUT2D eigenvalue weighted by atomic mass is 10.1. The van der Waals surface area contributed by atoms with Crippen LogP contribution in [0.15, 0.2) is 30.3 Å². The molecule has 1 saturated heterocycles. The highest BCUT2D eigenvalue weighted by molar-refractivity contribution is 5.68. The lowest BCUT2D eigenvalue weighted by Gasteiger charge is -2.41. The van der Waals surface area contributed by atoms with Crippen LogP contribution in [0.4, 0.5) is 4.79 Å². The Hall–Kier alpha value is -1.59. The third kappa shape index (κ3) is 5.80. The second-order valence-corrected chi connectivity index (χ2v) is 7.41. The number of piperazine rings is 1. The Morgan fingerprint density at radius 3 is 2.58 bits per heavy atom. The van der Waals surface area contributed by atoms with Gasteiger partial charge in [0, 0.05) is 38.8 Å². The first-order valence-electron chi connectivity index (χ1n) is 8.76. The van der Waals surface area contributed by atoms with Gasteiger partial charge in [0.1, 0.15) is 5.60 Å². The van der Waals surface area contributed by atoms with Crippen LogP contribution in [0, 0.1) is 0 Å². The molecular formula is C19H30N2O3. The van der Waals surface area contributed by atoms with Crippen LogP contribution in [0.5, 0.6) is 0 Å². The summed E-state index contributed by atoms with van der Waals surface area (Å²) >= 11 is 0. The summed E-state index contributed by atoms with van der Waals surface area (Å²) in [6.45, 7) is 9.02. The summed E-state index contributed by atoms with van der Waals surface area (Å²) in [4.78, 5) is 16.7. The van der Waals surface area contributed by atoms with E-state index < -0.39 is 5.60 Å². The van der Waals surface area contributed by atoms with E-state index in [9.17, 15) is 4.79 Å². The lowest BCUT2D eigenvalue weighted by molar-refractivity contribution is -0.00473. The van der Waals surface area contributed by atoms with Crippen LogP contribution in [0.3, 0.4) is 0 Å². The van der Waals surface area contributed by atoms with Gasteiger partial charge in [0.25, 0.3) is 0 Å². The van der Waals surface area contributed by atoms with Gasteiger partial charge in [0.15, 0.2) is 0 Å². The molecule has 1 aromatic carbocycles. The number of carbonyl (C=O) groups is 1. The van der Waals surface area contributed by atoms with E-state index in [0.717, 1.165) is 26.1 Å². The van der Waals surface area contributed by atoms with Crippen LogP contribution in [-0.2, 0) is 11.3 Å². The van der Waals surface area contributed by atoms with Crippen molar-refractivity contribution in [1.82, 2.24) is 9.80 Å². The molecule has 5 nitrogen and oxygen atoms in total. The zero-order chi connectivity index (χ0) is 17.6. The van der Waals surface area contributed by atoms with E-state index in [0.29, 0.717) is 13.0 Å². The minimum Gasteiger partial charge on any atom is -0.444 e. The molecule has 0 saturated carbocycles. The second-order valence-electron chi connectivity index (χ2n) is 7.41. The van der Waals surface area contributed by atoms with Crippen molar-refractivity contribution in [3.05, 3.63) is 35.9 Å². The Morgan fingerprint density at radius 1 is 1.25 bits per heavy atom. The molecule has 134 valence electrons. The van der Waals surface area contributed by atoms with Crippen molar-refractivity contribution < 1.29 is 14.6 Å². The Labute approximate surface area is 145 Å². The highest BCUT2D eigenvalue weighted by Gasteiger charge is 2.32. The minimum atomic E-state index is -0.486. The van der Waals surface area contributed by atoms with Crippen LogP contribution in [0.25, 0.3) is 0 Å². The molecule has 1 atom stereocenters. The quantitative estimate of drug-likeness (QED) is 0.899. The molecule has 0 aromatic heterocycles. The van der Waals surface area contributed by atoms with E-state index in [1.165, 1.54) is 5.56 Å². The number of amides is 1. The van der Waals surface area contributed by atoms with Crippen LogP contribution < -0.4 is 0 Å². The smallest absolute Gasteiger partial charge is 0.410 e. The molecule has 1 N–H and O–H groups in total. The molecule has 1 amide bonds. The largest absolute Gasteiger partial charge is 0.444 e. The predicted molar refractivity (Wildman–Crippen MR) is 94.8 cm³/mol. The summed E-state index contributed by atoms with van der Waals surface area (Å²) in [7, 11) is 0. The van der Waals surface area contributed by atoms with Gasteiger partial charge in [0.05, 0.1) is 0 Å². The number of rotatable bonds is 5. The molecule has 0 radical (unpaired) electrons. The highest BCUT2D eigenvalue weighted by atomic mass is 16.6. The van der Waals surface area contributed by atoms with Gasteiger partial charge in [-0.3, -0.25) is 4.90 Å². The predicted octanol–water partition coefficient (Wildman–Crippen LogP) is 2.88. The van der Waals surface area contributed by atoms with Crippen LogP contribution in [-0.4, -0.2) is 58.9 Å². The normalized spacial score (nSPS) is 19.3. The van der Waals surface area contributed by atoms with Crippen LogP contribution in [0.2, 0.25) is 0 Å². The molecule has 1 aliphatic heterocycles. The van der Waals surface area contributed by atoms with Gasteiger partial charge in [-0.15, -0.1) is 0 Å². The molecule has 0 spiro atoms. The lowest BCUT2D eigenvalue weighted by Crippen LogP contribution is -2.55. The summed E-state index contributed by atoms with van der Waals surface area (Å²) in [5.41, 5.74) is 0.795. The average molecular weight is 334 g/mol. The van der Waals surface area contributed by atoms with Gasteiger partial charge in [-0.1, -0.05) is 30.3 Å². The number of carbonyl (C=O) groups excluding carboxylic acids is 1. The number of hydrogen-bond donors (Lipinski definition) is 1. The number of ether oxygens (including phenoxy) is 1. The fourth-order valence-corrected chi connectivity index (χ4v) is 3.04. The average Bonchev–Trinajstić information content (AvgIpc) is 2.52. The van der Waals surface area contributed by atoms with Crippen molar-refractivity contribution >= 4 is 6.09 Å². The first kappa shape index (κ1) is 18.7. The monoisotopic (exact) mass is 334 g/mol. The van der Waals surface area contributed by atoms with Gasteiger partial charge in [0.2, 0.25) is 0 Å². The van der Waals surface area contributed by atoms with Crippen molar-refractivity contribution in [1.29, 1.82) is 0 Å². The van der Waals surface area contributed by atoms with Crippen molar-refractivity contribution in [2.75, 3.05) is 26.2 Å². The zero-order valence-electron chi connectivity index (χ0n) is 15.1. The standard InChI is InChI=1S/C19H30N2O3/c1-19(2,3)24-18(23)21-12-11-20(15-17(21)10-7-13-22)14-16-8-5-4-6-9-16/h4-6,8-9,17,22H,7,10-15H2,1-3H3/t17-/m1/s1. The van der Waals surface area contributed by atoms with Crippen LogP contribution >= 0.6 is 0 Å². The molecule has 0 aliphatic carbocycles. The summed E-state index contributed by atoms with van der Waals surface area (Å²) in [5, 5.41) is 9.16. The second kappa shape index (κ2) is 8.49. The third-order valence-electron chi connectivity index (χ3n) is 4.14. The summed E-state index contributed by atoms with van der Waals surface area (Å²) < 4.78 is 5.55. The molecule has 1 fully saturated rings. The Morgan fingerprint density at radius 2 is 1.96 bits per heavy atom. The number of nitrogens with zero attached hydrogens (tertiary/aromatic N) is 2. The zero-order valence-corrected chi connectivity index (χ0v) is 15.1. The summed E-state index contributed by atoms with van der Waals surface area (Å²) in [5.74, 6) is 0. The molecule has 1 aliphatic rings. The highest BCUT2D eigenvalue weighted by Crippen LogP contribution is 2.20. The fourth-order valence-electron chi connectivity index (χ4n) is 3.04. The molecule has 0 bridgehead atoms. The van der Waals surface area contributed by atoms with Crippen molar-refractivity contribution in [2.24, 2.45) is 0 Å². The van der Waals surface area contributed by atoms with E-state index in [2.05, 4.69) is 29.2 Å². The summed E-state index contributed by atoms with van der Waals surface area (Å²) in [6, 6.07) is 10.5. The van der Waals surface area contributed by atoms with E-state index in [1.807, 2.05) is 31.7 Å². The van der Waals surface area contributed by atoms with Gasteiger partial charge < -0.3 is 14.7 Å².